The quantitative estimate of drug-likeness (QED) is 0.111. The van der Waals surface area contributed by atoms with E-state index in [1.165, 1.54) is 51.5 Å². The molecule has 5 nitrogen and oxygen atoms in total. The van der Waals surface area contributed by atoms with Gasteiger partial charge in [-0.2, -0.15) is 0 Å². The molecule has 0 radical (unpaired) electrons. The van der Waals surface area contributed by atoms with Gasteiger partial charge in [0.2, 0.25) is 0 Å². The van der Waals surface area contributed by atoms with Gasteiger partial charge in [-0.05, 0) is 99.8 Å². The molecular formula is C37H67N5S. The van der Waals surface area contributed by atoms with E-state index in [0.717, 1.165) is 43.2 Å². The zero-order valence-corrected chi connectivity index (χ0v) is 30.2. The SMILES string of the molecule is C=CC1CC1(CCC1(CNC(=C)C(C)NCC(NCC2CCCCN2C(C)C)C(C)(C)C)C(C)(C)C12CCC2)C(=S)NC. The molecule has 0 aromatic rings. The maximum absolute atomic E-state index is 5.85. The summed E-state index contributed by atoms with van der Waals surface area (Å²) >= 11 is 5.85. The van der Waals surface area contributed by atoms with Gasteiger partial charge in [-0.1, -0.05) is 72.3 Å². The maximum atomic E-state index is 5.85. The van der Waals surface area contributed by atoms with Gasteiger partial charge in [-0.25, -0.2) is 0 Å². The highest BCUT2D eigenvalue weighted by Crippen LogP contribution is 2.87. The second-order valence-electron chi connectivity index (χ2n) is 16.7. The lowest BCUT2D eigenvalue weighted by molar-refractivity contribution is 0.102. The molecule has 6 unspecified atom stereocenters. The fourth-order valence-electron chi connectivity index (χ4n) is 9.63. The Morgan fingerprint density at radius 3 is 2.28 bits per heavy atom. The van der Waals surface area contributed by atoms with Gasteiger partial charge < -0.3 is 21.3 Å². The number of hydrogen-bond donors (Lipinski definition) is 4. The third-order valence-corrected chi connectivity index (χ3v) is 13.9. The van der Waals surface area contributed by atoms with Crippen molar-refractivity contribution < 1.29 is 0 Å². The summed E-state index contributed by atoms with van der Waals surface area (Å²) in [5, 5.41) is 15.1. The molecule has 1 saturated heterocycles. The van der Waals surface area contributed by atoms with Crippen LogP contribution in [-0.2, 0) is 0 Å². The smallest absolute Gasteiger partial charge is 0.0819 e. The van der Waals surface area contributed by atoms with Crippen molar-refractivity contribution >= 4 is 17.2 Å². The van der Waals surface area contributed by atoms with Crippen LogP contribution in [0.2, 0.25) is 0 Å². The topological polar surface area (TPSA) is 51.4 Å². The van der Waals surface area contributed by atoms with Crippen molar-refractivity contribution in [1.29, 1.82) is 0 Å². The molecule has 4 fully saturated rings. The summed E-state index contributed by atoms with van der Waals surface area (Å²) in [7, 11) is 1.99. The first-order chi connectivity index (χ1) is 20.1. The van der Waals surface area contributed by atoms with Crippen LogP contribution in [-0.4, -0.2) is 67.3 Å². The van der Waals surface area contributed by atoms with Gasteiger partial charge in [0.25, 0.3) is 0 Å². The van der Waals surface area contributed by atoms with Crippen LogP contribution >= 0.6 is 12.2 Å². The zero-order valence-electron chi connectivity index (χ0n) is 29.4. The molecule has 0 bridgehead atoms. The van der Waals surface area contributed by atoms with Gasteiger partial charge in [0.15, 0.2) is 0 Å². The van der Waals surface area contributed by atoms with Crippen molar-refractivity contribution in [3.8, 4) is 0 Å². The van der Waals surface area contributed by atoms with Crippen molar-refractivity contribution in [3.05, 3.63) is 24.9 Å². The van der Waals surface area contributed by atoms with Crippen molar-refractivity contribution in [2.75, 3.05) is 33.2 Å². The molecule has 0 aromatic heterocycles. The average Bonchev–Trinajstić information content (AvgIpc) is 3.77. The van der Waals surface area contributed by atoms with E-state index in [9.17, 15) is 0 Å². The summed E-state index contributed by atoms with van der Waals surface area (Å²) in [4.78, 5) is 3.74. The Hall–Kier alpha value is -0.950. The molecule has 3 saturated carbocycles. The van der Waals surface area contributed by atoms with Gasteiger partial charge in [0.1, 0.15) is 0 Å². The summed E-state index contributed by atoms with van der Waals surface area (Å²) in [6, 6.07) is 1.86. The number of rotatable bonds is 16. The number of nitrogens with zero attached hydrogens (tertiary/aromatic N) is 1. The normalized spacial score (nSPS) is 32.5. The van der Waals surface area contributed by atoms with Crippen molar-refractivity contribution in [2.45, 2.75) is 137 Å². The van der Waals surface area contributed by atoms with E-state index in [0.29, 0.717) is 40.3 Å². The Balaban J connectivity index is 1.34. The van der Waals surface area contributed by atoms with E-state index in [-0.39, 0.29) is 16.9 Å². The van der Waals surface area contributed by atoms with Crippen LogP contribution in [0, 0.1) is 33.0 Å². The van der Waals surface area contributed by atoms with E-state index in [4.69, 9.17) is 12.2 Å². The van der Waals surface area contributed by atoms with Gasteiger partial charge >= 0.3 is 0 Å². The fraction of sp³-hybridized carbons (Fsp3) is 0.865. The minimum absolute atomic E-state index is 0.118. The number of likely N-dealkylation sites (tertiary alicyclic amines) is 1. The number of thiocarbonyl (C=S) groups is 1. The molecule has 43 heavy (non-hydrogen) atoms. The summed E-state index contributed by atoms with van der Waals surface area (Å²) in [5.41, 5.74) is 2.52. The molecule has 6 heteroatoms. The van der Waals surface area contributed by atoms with E-state index in [1.54, 1.807) is 0 Å². The second kappa shape index (κ2) is 13.0. The van der Waals surface area contributed by atoms with Gasteiger partial charge in [-0.15, -0.1) is 6.58 Å². The molecule has 1 aliphatic heterocycles. The highest BCUT2D eigenvalue weighted by Gasteiger charge is 2.82. The summed E-state index contributed by atoms with van der Waals surface area (Å²) in [6.07, 6.45) is 13.8. The van der Waals surface area contributed by atoms with Crippen LogP contribution in [0.1, 0.15) is 113 Å². The minimum Gasteiger partial charge on any atom is -0.387 e. The van der Waals surface area contributed by atoms with Crippen molar-refractivity contribution in [3.63, 3.8) is 0 Å². The molecule has 246 valence electrons. The average molecular weight is 614 g/mol. The maximum Gasteiger partial charge on any atom is 0.0819 e. The highest BCUT2D eigenvalue weighted by atomic mass is 32.1. The molecule has 1 heterocycles. The predicted molar refractivity (Wildman–Crippen MR) is 189 cm³/mol. The fourth-order valence-corrected chi connectivity index (χ4v) is 9.97. The number of allylic oxidation sites excluding steroid dienone is 1. The molecule has 4 rings (SSSR count). The molecule has 4 aliphatic rings. The van der Waals surface area contributed by atoms with Crippen molar-refractivity contribution in [2.24, 2.45) is 33.0 Å². The van der Waals surface area contributed by atoms with E-state index < -0.39 is 0 Å². The lowest BCUT2D eigenvalue weighted by Gasteiger charge is -2.41. The summed E-state index contributed by atoms with van der Waals surface area (Å²) in [5.74, 6) is 0.520. The standard InChI is InChI=1S/C37H67N5S/c1-12-29-22-35(29,32(43)38-11)19-20-37(34(9,10)36(37)17-15-18-36)25-41-28(5)27(4)39-24-31(33(6,7)8)40-23-30-16-13-14-21-42(30)26(2)3/h12,26-27,29-31,39-41H,1,5,13-25H2,2-4,6-11H3,(H,38,43). The Labute approximate surface area is 271 Å². The molecule has 4 N–H and O–H groups in total. The van der Waals surface area contributed by atoms with Crippen LogP contribution in [0.4, 0.5) is 0 Å². The van der Waals surface area contributed by atoms with E-state index in [1.807, 2.05) is 7.05 Å². The largest absolute Gasteiger partial charge is 0.387 e. The Kier molecular flexibility index (Phi) is 10.6. The van der Waals surface area contributed by atoms with Crippen LogP contribution in [0.15, 0.2) is 24.9 Å². The molecule has 3 aliphatic carbocycles. The van der Waals surface area contributed by atoms with Crippen molar-refractivity contribution in [1.82, 2.24) is 26.2 Å². The van der Waals surface area contributed by atoms with Gasteiger partial charge in [0, 0.05) is 62.0 Å². The van der Waals surface area contributed by atoms with Crippen LogP contribution in [0.3, 0.4) is 0 Å². The molecular weight excluding hydrogens is 547 g/mol. The highest BCUT2D eigenvalue weighted by molar-refractivity contribution is 7.80. The lowest BCUT2D eigenvalue weighted by Crippen LogP contribution is -2.55. The van der Waals surface area contributed by atoms with Gasteiger partial charge in [-0.3, -0.25) is 4.90 Å². The number of piperidine rings is 1. The van der Waals surface area contributed by atoms with Crippen LogP contribution in [0.25, 0.3) is 0 Å². The minimum atomic E-state index is 0.118. The van der Waals surface area contributed by atoms with E-state index in [2.05, 4.69) is 101 Å². The molecule has 0 amide bonds. The third-order valence-electron chi connectivity index (χ3n) is 13.3. The number of hydrogen-bond acceptors (Lipinski definition) is 5. The Morgan fingerprint density at radius 2 is 1.77 bits per heavy atom. The summed E-state index contributed by atoms with van der Waals surface area (Å²) < 4.78 is 0. The van der Waals surface area contributed by atoms with E-state index >= 15 is 0 Å². The Morgan fingerprint density at radius 1 is 1.07 bits per heavy atom. The van der Waals surface area contributed by atoms with Gasteiger partial charge in [0.05, 0.1) is 4.99 Å². The van der Waals surface area contributed by atoms with Crippen LogP contribution in [0.5, 0.6) is 0 Å². The molecule has 1 spiro atoms. The first-order valence-corrected chi connectivity index (χ1v) is 18.0. The lowest BCUT2D eigenvalue weighted by atomic mass is 9.72. The third kappa shape index (κ3) is 6.38. The zero-order chi connectivity index (χ0) is 31.8. The predicted octanol–water partition coefficient (Wildman–Crippen LogP) is 7.05. The Bertz CT molecular complexity index is 1010. The first kappa shape index (κ1) is 34.9. The molecule has 6 atom stereocenters. The number of nitrogens with one attached hydrogen (secondary N) is 4. The first-order valence-electron chi connectivity index (χ1n) is 17.6. The second-order valence-corrected chi connectivity index (χ2v) is 17.1. The monoisotopic (exact) mass is 614 g/mol. The molecule has 0 aromatic carbocycles. The van der Waals surface area contributed by atoms with Crippen LogP contribution < -0.4 is 21.3 Å². The summed E-state index contributed by atoms with van der Waals surface area (Å²) in [6.45, 7) is 32.1.